The monoisotopic (exact) mass is 363 g/mol. The van der Waals surface area contributed by atoms with E-state index in [1.807, 2.05) is 13.8 Å². The van der Waals surface area contributed by atoms with Gasteiger partial charge in [-0.25, -0.2) is 0 Å². The Morgan fingerprint density at radius 2 is 2.04 bits per heavy atom. The summed E-state index contributed by atoms with van der Waals surface area (Å²) in [7, 11) is 0. The molecule has 2 aliphatic heterocycles. The van der Waals surface area contributed by atoms with Gasteiger partial charge in [0.2, 0.25) is 5.91 Å². The molecule has 9 heteroatoms. The summed E-state index contributed by atoms with van der Waals surface area (Å²) in [4.78, 5) is 40.3. The number of hydrogen-bond acceptors (Lipinski definition) is 5. The summed E-state index contributed by atoms with van der Waals surface area (Å²) in [6.45, 7) is 6.03. The number of amides is 3. The molecule has 3 rings (SSSR count). The van der Waals surface area contributed by atoms with Gasteiger partial charge in [0.25, 0.3) is 11.8 Å². The van der Waals surface area contributed by atoms with E-state index in [1.165, 1.54) is 18.0 Å². The minimum absolute atomic E-state index is 0.132. The average molecular weight is 363 g/mol. The van der Waals surface area contributed by atoms with Gasteiger partial charge in [0.15, 0.2) is 0 Å². The SMILES string of the molecule is CC(O)C(C(N)=O)N1C[C@]2(CCCN2C(=O)c2cnn(C(C)C)c2)C1=O. The number of β-lactam (4-membered cyclic amide) rings is 1. The number of aromatic nitrogens is 2. The van der Waals surface area contributed by atoms with Crippen LogP contribution >= 0.6 is 0 Å². The summed E-state index contributed by atoms with van der Waals surface area (Å²) in [5.74, 6) is -1.32. The first kappa shape index (κ1) is 18.4. The van der Waals surface area contributed by atoms with Gasteiger partial charge >= 0.3 is 0 Å². The molecule has 9 nitrogen and oxygen atoms in total. The van der Waals surface area contributed by atoms with Crippen molar-refractivity contribution < 1.29 is 19.5 Å². The summed E-state index contributed by atoms with van der Waals surface area (Å²) in [6.07, 6.45) is 3.37. The minimum atomic E-state index is -1.07. The van der Waals surface area contributed by atoms with E-state index in [-0.39, 0.29) is 24.4 Å². The Bertz CT molecular complexity index is 743. The van der Waals surface area contributed by atoms with Crippen molar-refractivity contribution in [2.45, 2.75) is 57.3 Å². The Balaban J connectivity index is 1.81. The molecule has 26 heavy (non-hydrogen) atoms. The van der Waals surface area contributed by atoms with Crippen LogP contribution in [0.2, 0.25) is 0 Å². The molecule has 1 aromatic heterocycles. The van der Waals surface area contributed by atoms with Crippen LogP contribution in [0, 0.1) is 0 Å². The highest BCUT2D eigenvalue weighted by Crippen LogP contribution is 2.41. The molecule has 142 valence electrons. The number of carbonyl (C=O) groups excluding carboxylic acids is 3. The van der Waals surface area contributed by atoms with E-state index in [9.17, 15) is 19.5 Å². The molecule has 2 saturated heterocycles. The van der Waals surface area contributed by atoms with Crippen molar-refractivity contribution >= 4 is 17.7 Å². The normalized spacial score (nSPS) is 24.9. The van der Waals surface area contributed by atoms with E-state index in [0.29, 0.717) is 24.9 Å². The molecule has 3 heterocycles. The van der Waals surface area contributed by atoms with Gasteiger partial charge in [-0.05, 0) is 33.6 Å². The first-order valence-electron chi connectivity index (χ1n) is 8.83. The fourth-order valence-corrected chi connectivity index (χ4v) is 3.92. The third kappa shape index (κ3) is 2.66. The number of nitrogens with two attached hydrogens (primary N) is 1. The molecule has 2 unspecified atom stereocenters. The lowest BCUT2D eigenvalue weighted by atomic mass is 9.83. The molecular weight excluding hydrogens is 338 g/mol. The van der Waals surface area contributed by atoms with Gasteiger partial charge in [-0.2, -0.15) is 5.10 Å². The van der Waals surface area contributed by atoms with E-state index in [2.05, 4.69) is 5.10 Å². The van der Waals surface area contributed by atoms with Gasteiger partial charge in [0, 0.05) is 18.8 Å². The minimum Gasteiger partial charge on any atom is -0.391 e. The number of hydrogen-bond donors (Lipinski definition) is 2. The van der Waals surface area contributed by atoms with Crippen LogP contribution in [0.3, 0.4) is 0 Å². The molecule has 0 bridgehead atoms. The smallest absolute Gasteiger partial charge is 0.258 e. The predicted octanol–water partition coefficient (Wildman–Crippen LogP) is -0.484. The second kappa shape index (κ2) is 6.39. The topological polar surface area (TPSA) is 122 Å². The lowest BCUT2D eigenvalue weighted by Crippen LogP contribution is -2.77. The number of aliphatic hydroxyl groups excluding tert-OH is 1. The molecule has 2 aliphatic rings. The van der Waals surface area contributed by atoms with Gasteiger partial charge in [0.05, 0.1) is 24.4 Å². The second-order valence-electron chi connectivity index (χ2n) is 7.42. The molecule has 0 aliphatic carbocycles. The Morgan fingerprint density at radius 1 is 1.35 bits per heavy atom. The highest BCUT2D eigenvalue weighted by atomic mass is 16.3. The fourth-order valence-electron chi connectivity index (χ4n) is 3.92. The fraction of sp³-hybridized carbons (Fsp3) is 0.647. The number of rotatable bonds is 5. The molecule has 1 aromatic rings. The summed E-state index contributed by atoms with van der Waals surface area (Å²) in [6, 6.07) is -0.943. The number of nitrogens with zero attached hydrogens (tertiary/aromatic N) is 4. The van der Waals surface area contributed by atoms with E-state index in [4.69, 9.17) is 5.73 Å². The number of primary amides is 1. The maximum absolute atomic E-state index is 12.9. The van der Waals surface area contributed by atoms with E-state index < -0.39 is 23.6 Å². The number of carbonyl (C=O) groups is 3. The maximum atomic E-state index is 12.9. The quantitative estimate of drug-likeness (QED) is 0.684. The van der Waals surface area contributed by atoms with Crippen LogP contribution in [0.5, 0.6) is 0 Å². The highest BCUT2D eigenvalue weighted by Gasteiger charge is 2.62. The lowest BCUT2D eigenvalue weighted by Gasteiger charge is -2.53. The summed E-state index contributed by atoms with van der Waals surface area (Å²) >= 11 is 0. The number of likely N-dealkylation sites (tertiary alicyclic amines) is 2. The van der Waals surface area contributed by atoms with Crippen LogP contribution in [0.15, 0.2) is 12.4 Å². The zero-order valence-electron chi connectivity index (χ0n) is 15.3. The van der Waals surface area contributed by atoms with Crippen molar-refractivity contribution in [2.24, 2.45) is 5.73 Å². The van der Waals surface area contributed by atoms with Crippen LogP contribution in [0.4, 0.5) is 0 Å². The molecule has 3 N–H and O–H groups in total. The highest BCUT2D eigenvalue weighted by molar-refractivity contribution is 6.03. The van der Waals surface area contributed by atoms with Crippen LogP contribution in [-0.4, -0.2) is 73.2 Å². The van der Waals surface area contributed by atoms with Gasteiger partial charge in [-0.1, -0.05) is 0 Å². The molecular formula is C17H25N5O4. The summed E-state index contributed by atoms with van der Waals surface area (Å²) < 4.78 is 1.70. The molecule has 3 amide bonds. The van der Waals surface area contributed by atoms with Crippen molar-refractivity contribution in [3.8, 4) is 0 Å². The third-order valence-corrected chi connectivity index (χ3v) is 5.29. The first-order chi connectivity index (χ1) is 12.2. The van der Waals surface area contributed by atoms with Crippen LogP contribution in [0.25, 0.3) is 0 Å². The first-order valence-corrected chi connectivity index (χ1v) is 8.83. The van der Waals surface area contributed by atoms with E-state index in [0.717, 1.165) is 0 Å². The predicted molar refractivity (Wildman–Crippen MR) is 92.0 cm³/mol. The average Bonchev–Trinajstić information content (AvgIpc) is 3.21. The Hall–Kier alpha value is -2.42. The summed E-state index contributed by atoms with van der Waals surface area (Å²) in [5.41, 5.74) is 4.82. The van der Waals surface area contributed by atoms with Crippen molar-refractivity contribution in [3.63, 3.8) is 0 Å². The largest absolute Gasteiger partial charge is 0.391 e. The van der Waals surface area contributed by atoms with Gasteiger partial charge in [-0.15, -0.1) is 0 Å². The Morgan fingerprint density at radius 3 is 2.54 bits per heavy atom. The standard InChI is InChI=1S/C17H25N5O4/c1-10(2)22-8-12(7-19-22)15(25)21-6-4-5-17(21)9-20(16(17)26)13(11(3)23)14(18)24/h7-8,10-11,13,23H,4-6,9H2,1-3H3,(H2,18,24)/t11?,13?,17-/m1/s1. The van der Waals surface area contributed by atoms with Crippen LogP contribution in [-0.2, 0) is 9.59 Å². The molecule has 1 spiro atoms. The maximum Gasteiger partial charge on any atom is 0.258 e. The van der Waals surface area contributed by atoms with Gasteiger partial charge < -0.3 is 20.6 Å². The van der Waals surface area contributed by atoms with Crippen molar-refractivity contribution in [3.05, 3.63) is 18.0 Å². The third-order valence-electron chi connectivity index (χ3n) is 5.29. The van der Waals surface area contributed by atoms with Crippen molar-refractivity contribution in [1.82, 2.24) is 19.6 Å². The van der Waals surface area contributed by atoms with Gasteiger partial charge in [-0.3, -0.25) is 19.1 Å². The number of aliphatic hydroxyl groups is 1. The zero-order valence-corrected chi connectivity index (χ0v) is 15.3. The molecule has 2 fully saturated rings. The van der Waals surface area contributed by atoms with Crippen LogP contribution < -0.4 is 5.73 Å². The van der Waals surface area contributed by atoms with E-state index >= 15 is 0 Å². The molecule has 0 saturated carbocycles. The van der Waals surface area contributed by atoms with Crippen LogP contribution in [0.1, 0.15) is 50.0 Å². The lowest BCUT2D eigenvalue weighted by molar-refractivity contribution is -0.169. The Labute approximate surface area is 151 Å². The molecule has 3 atom stereocenters. The Kier molecular flexibility index (Phi) is 4.51. The van der Waals surface area contributed by atoms with E-state index in [1.54, 1.807) is 15.8 Å². The van der Waals surface area contributed by atoms with Crippen molar-refractivity contribution in [1.29, 1.82) is 0 Å². The van der Waals surface area contributed by atoms with Gasteiger partial charge in [0.1, 0.15) is 11.6 Å². The zero-order chi connectivity index (χ0) is 19.2. The summed E-state index contributed by atoms with van der Waals surface area (Å²) in [5, 5.41) is 14.0. The van der Waals surface area contributed by atoms with Crippen molar-refractivity contribution in [2.75, 3.05) is 13.1 Å². The second-order valence-corrected chi connectivity index (χ2v) is 7.42. The molecule has 0 radical (unpaired) electrons. The molecule has 0 aromatic carbocycles.